The Labute approximate surface area is 112 Å². The second kappa shape index (κ2) is 6.55. The smallest absolute Gasteiger partial charge is 0.273 e. The van der Waals surface area contributed by atoms with Gasteiger partial charge in [-0.3, -0.25) is 14.9 Å². The first-order valence-corrected chi connectivity index (χ1v) is 5.90. The summed E-state index contributed by atoms with van der Waals surface area (Å²) in [5, 5.41) is 13.5. The molecule has 5 nitrogen and oxygen atoms in total. The summed E-state index contributed by atoms with van der Waals surface area (Å²) in [6.07, 6.45) is 0.515. The summed E-state index contributed by atoms with van der Waals surface area (Å²) in [6, 6.07) is 3.26. The maximum Gasteiger partial charge on any atom is 0.273 e. The molecule has 0 unspecified atom stereocenters. The third-order valence-electron chi connectivity index (χ3n) is 2.59. The Hall–Kier alpha value is -2.35. The van der Waals surface area contributed by atoms with Crippen LogP contribution in [0.2, 0.25) is 0 Å². The molecule has 0 radical (unpaired) electrons. The standard InChI is InChI=1S/C14H16N2O3/c1-10-8-11(2)14(16(18)19)9-13(10)6-4-5-7-15-12(3)17/h8-9H,5,7H2,1-3H3,(H,15,17). The molecular weight excluding hydrogens is 244 g/mol. The summed E-state index contributed by atoms with van der Waals surface area (Å²) < 4.78 is 0. The van der Waals surface area contributed by atoms with E-state index in [1.165, 1.54) is 13.0 Å². The lowest BCUT2D eigenvalue weighted by Crippen LogP contribution is -2.20. The molecule has 0 aliphatic carbocycles. The maximum atomic E-state index is 10.8. The van der Waals surface area contributed by atoms with Crippen molar-refractivity contribution in [2.45, 2.75) is 27.2 Å². The van der Waals surface area contributed by atoms with Crippen LogP contribution in [0, 0.1) is 35.8 Å². The topological polar surface area (TPSA) is 72.2 Å². The minimum Gasteiger partial charge on any atom is -0.355 e. The van der Waals surface area contributed by atoms with E-state index in [9.17, 15) is 14.9 Å². The fourth-order valence-corrected chi connectivity index (χ4v) is 1.63. The number of benzene rings is 1. The van der Waals surface area contributed by atoms with Crippen molar-refractivity contribution in [3.8, 4) is 11.8 Å². The predicted octanol–water partition coefficient (Wildman–Crippen LogP) is 2.09. The predicted molar refractivity (Wildman–Crippen MR) is 72.7 cm³/mol. The lowest BCUT2D eigenvalue weighted by molar-refractivity contribution is -0.385. The number of hydrogen-bond donors (Lipinski definition) is 1. The van der Waals surface area contributed by atoms with Crippen LogP contribution in [0.4, 0.5) is 5.69 Å². The number of hydrogen-bond acceptors (Lipinski definition) is 3. The van der Waals surface area contributed by atoms with E-state index in [1.807, 2.05) is 6.92 Å². The highest BCUT2D eigenvalue weighted by molar-refractivity contribution is 5.72. The molecule has 0 atom stereocenters. The van der Waals surface area contributed by atoms with Crippen LogP contribution in [-0.2, 0) is 4.79 Å². The van der Waals surface area contributed by atoms with E-state index in [2.05, 4.69) is 17.2 Å². The van der Waals surface area contributed by atoms with Gasteiger partial charge in [0.25, 0.3) is 5.69 Å². The molecule has 0 bridgehead atoms. The SMILES string of the molecule is CC(=O)NCCC#Cc1cc([N+](=O)[O-])c(C)cc1C. The second-order valence-corrected chi connectivity index (χ2v) is 4.25. The van der Waals surface area contributed by atoms with E-state index in [-0.39, 0.29) is 11.6 Å². The highest BCUT2D eigenvalue weighted by Gasteiger charge is 2.12. The van der Waals surface area contributed by atoms with Crippen molar-refractivity contribution >= 4 is 11.6 Å². The van der Waals surface area contributed by atoms with Crippen LogP contribution in [0.3, 0.4) is 0 Å². The first kappa shape index (κ1) is 14.7. The Balaban J connectivity index is 2.84. The lowest BCUT2D eigenvalue weighted by atomic mass is 10.0. The molecule has 1 aromatic rings. The second-order valence-electron chi connectivity index (χ2n) is 4.25. The zero-order chi connectivity index (χ0) is 14.4. The van der Waals surface area contributed by atoms with Crippen LogP contribution < -0.4 is 5.32 Å². The molecule has 0 aliphatic heterocycles. The molecule has 100 valence electrons. The number of carbonyl (C=O) groups excluding carboxylic acids is 1. The van der Waals surface area contributed by atoms with Gasteiger partial charge in [-0.15, -0.1) is 0 Å². The molecule has 0 heterocycles. The zero-order valence-electron chi connectivity index (χ0n) is 11.2. The van der Waals surface area contributed by atoms with Crippen LogP contribution in [0.1, 0.15) is 30.0 Å². The molecule has 19 heavy (non-hydrogen) atoms. The third kappa shape index (κ3) is 4.43. The van der Waals surface area contributed by atoms with Crippen molar-refractivity contribution in [1.29, 1.82) is 0 Å². The van der Waals surface area contributed by atoms with Gasteiger partial charge in [-0.2, -0.15) is 0 Å². The maximum absolute atomic E-state index is 10.8. The summed E-state index contributed by atoms with van der Waals surface area (Å²) in [4.78, 5) is 21.1. The molecule has 0 saturated carbocycles. The zero-order valence-corrected chi connectivity index (χ0v) is 11.2. The Kier molecular flexibility index (Phi) is 5.07. The Morgan fingerprint density at radius 2 is 2.05 bits per heavy atom. The van der Waals surface area contributed by atoms with Crippen LogP contribution in [0.25, 0.3) is 0 Å². The highest BCUT2D eigenvalue weighted by atomic mass is 16.6. The van der Waals surface area contributed by atoms with Crippen molar-refractivity contribution in [1.82, 2.24) is 5.32 Å². The Morgan fingerprint density at radius 1 is 1.37 bits per heavy atom. The van der Waals surface area contributed by atoms with E-state index in [0.717, 1.165) is 5.56 Å². The number of carbonyl (C=O) groups is 1. The average molecular weight is 260 g/mol. The van der Waals surface area contributed by atoms with Crippen molar-refractivity contribution in [3.63, 3.8) is 0 Å². The Bertz CT molecular complexity index is 568. The van der Waals surface area contributed by atoms with Crippen molar-refractivity contribution in [3.05, 3.63) is 38.9 Å². The molecule has 5 heteroatoms. The molecule has 0 spiro atoms. The van der Waals surface area contributed by atoms with Crippen LogP contribution >= 0.6 is 0 Å². The number of nitrogens with one attached hydrogen (secondary N) is 1. The molecular formula is C14H16N2O3. The lowest BCUT2D eigenvalue weighted by Gasteiger charge is -2.02. The average Bonchev–Trinajstić information content (AvgIpc) is 2.30. The molecule has 0 fully saturated rings. The van der Waals surface area contributed by atoms with E-state index in [4.69, 9.17) is 0 Å². The number of rotatable bonds is 3. The molecule has 1 rings (SSSR count). The fraction of sp³-hybridized carbons (Fsp3) is 0.357. The van der Waals surface area contributed by atoms with Gasteiger partial charge in [-0.25, -0.2) is 0 Å². The van der Waals surface area contributed by atoms with Crippen molar-refractivity contribution < 1.29 is 9.72 Å². The van der Waals surface area contributed by atoms with E-state index < -0.39 is 4.92 Å². The summed E-state index contributed by atoms with van der Waals surface area (Å²) in [6.45, 7) is 5.50. The Morgan fingerprint density at radius 3 is 2.63 bits per heavy atom. The van der Waals surface area contributed by atoms with E-state index >= 15 is 0 Å². The van der Waals surface area contributed by atoms with Gasteiger partial charge in [0.15, 0.2) is 0 Å². The van der Waals surface area contributed by atoms with E-state index in [0.29, 0.717) is 24.1 Å². The first-order valence-electron chi connectivity index (χ1n) is 5.90. The highest BCUT2D eigenvalue weighted by Crippen LogP contribution is 2.21. The summed E-state index contributed by atoms with van der Waals surface area (Å²) >= 11 is 0. The van der Waals surface area contributed by atoms with Gasteiger partial charge in [-0.1, -0.05) is 11.8 Å². The van der Waals surface area contributed by atoms with Crippen LogP contribution in [0.5, 0.6) is 0 Å². The number of amides is 1. The first-order chi connectivity index (χ1) is 8.91. The summed E-state index contributed by atoms with van der Waals surface area (Å²) in [5.41, 5.74) is 2.28. The van der Waals surface area contributed by atoms with Gasteiger partial charge >= 0.3 is 0 Å². The van der Waals surface area contributed by atoms with Gasteiger partial charge in [0.05, 0.1) is 4.92 Å². The van der Waals surface area contributed by atoms with E-state index in [1.54, 1.807) is 13.0 Å². The minimum atomic E-state index is -0.405. The molecule has 1 N–H and O–H groups in total. The molecule has 0 aromatic heterocycles. The number of aryl methyl sites for hydroxylation is 2. The molecule has 1 aromatic carbocycles. The van der Waals surface area contributed by atoms with Gasteiger partial charge in [0, 0.05) is 37.1 Å². The van der Waals surface area contributed by atoms with Gasteiger partial charge < -0.3 is 5.32 Å². The largest absolute Gasteiger partial charge is 0.355 e. The quantitative estimate of drug-likeness (QED) is 0.391. The van der Waals surface area contributed by atoms with Gasteiger partial charge in [0.1, 0.15) is 0 Å². The van der Waals surface area contributed by atoms with Crippen LogP contribution in [-0.4, -0.2) is 17.4 Å². The fourth-order valence-electron chi connectivity index (χ4n) is 1.63. The third-order valence-corrected chi connectivity index (χ3v) is 2.59. The normalized spacial score (nSPS) is 9.42. The van der Waals surface area contributed by atoms with Crippen molar-refractivity contribution in [2.24, 2.45) is 0 Å². The summed E-state index contributed by atoms with van der Waals surface area (Å²) in [5.74, 6) is 5.71. The number of nitrogens with zero attached hydrogens (tertiary/aromatic N) is 1. The number of nitro groups is 1. The van der Waals surface area contributed by atoms with Gasteiger partial charge in [-0.05, 0) is 25.5 Å². The molecule has 1 amide bonds. The monoisotopic (exact) mass is 260 g/mol. The summed E-state index contributed by atoms with van der Waals surface area (Å²) in [7, 11) is 0. The number of nitro benzene ring substituents is 1. The van der Waals surface area contributed by atoms with Crippen LogP contribution in [0.15, 0.2) is 12.1 Å². The molecule has 0 saturated heterocycles. The van der Waals surface area contributed by atoms with Crippen molar-refractivity contribution in [2.75, 3.05) is 6.54 Å². The molecule has 0 aliphatic rings. The minimum absolute atomic E-state index is 0.0803. The van der Waals surface area contributed by atoms with Gasteiger partial charge in [0.2, 0.25) is 5.91 Å².